The fourth-order valence-electron chi connectivity index (χ4n) is 1.19. The molecule has 0 saturated carbocycles. The summed E-state index contributed by atoms with van der Waals surface area (Å²) in [7, 11) is 0. The normalized spacial score (nSPS) is 10.4. The van der Waals surface area contributed by atoms with E-state index in [9.17, 15) is 4.79 Å². The average Bonchev–Trinajstić information content (AvgIpc) is 2.18. The molecule has 15 heavy (non-hydrogen) atoms. The van der Waals surface area contributed by atoms with Crippen molar-refractivity contribution in [1.29, 1.82) is 0 Å². The van der Waals surface area contributed by atoms with E-state index >= 15 is 0 Å². The van der Waals surface area contributed by atoms with Gasteiger partial charge in [0.15, 0.2) is 0 Å². The smallest absolute Gasteiger partial charge is 0.251 e. The second kappa shape index (κ2) is 5.54. The molecule has 1 aromatic rings. The highest BCUT2D eigenvalue weighted by Crippen LogP contribution is 2.03. The maximum absolute atomic E-state index is 11.6. The largest absolute Gasteiger partial charge is 0.352 e. The van der Waals surface area contributed by atoms with Gasteiger partial charge in [0.05, 0.1) is 0 Å². The highest BCUT2D eigenvalue weighted by Gasteiger charge is 2.04. The second-order valence-electron chi connectivity index (χ2n) is 4.06. The van der Waals surface area contributed by atoms with Crippen molar-refractivity contribution in [1.82, 2.24) is 5.32 Å². The molecule has 1 N–H and O–H groups in total. The van der Waals surface area contributed by atoms with E-state index in [-0.39, 0.29) is 5.91 Å². The Balaban J connectivity index is 2.43. The van der Waals surface area contributed by atoms with Gasteiger partial charge in [-0.25, -0.2) is 0 Å². The van der Waals surface area contributed by atoms with Gasteiger partial charge in [-0.3, -0.25) is 4.79 Å². The van der Waals surface area contributed by atoms with Gasteiger partial charge in [0.1, 0.15) is 0 Å². The van der Waals surface area contributed by atoms with E-state index in [0.29, 0.717) is 12.5 Å². The minimum Gasteiger partial charge on any atom is -0.352 e. The number of carbonyl (C=O) groups is 1. The number of nitrogens with one attached hydrogen (secondary N) is 1. The summed E-state index contributed by atoms with van der Waals surface area (Å²) in [4.78, 5) is 11.6. The highest BCUT2D eigenvalue weighted by atomic mass is 16.1. The van der Waals surface area contributed by atoms with Gasteiger partial charge in [-0.15, -0.1) is 0 Å². The molecule has 0 unspecified atom stereocenters. The molecule has 0 fully saturated rings. The summed E-state index contributed by atoms with van der Waals surface area (Å²) in [5.74, 6) is 0.496. The summed E-state index contributed by atoms with van der Waals surface area (Å²) in [5, 5.41) is 2.86. The van der Waals surface area contributed by atoms with Gasteiger partial charge in [-0.1, -0.05) is 31.5 Å². The number of amides is 1. The Bertz CT molecular complexity index is 314. The number of hydrogen-bond acceptors (Lipinski definition) is 1. The second-order valence-corrected chi connectivity index (χ2v) is 4.06. The molecule has 2 nitrogen and oxygen atoms in total. The van der Waals surface area contributed by atoms with Gasteiger partial charge in [0, 0.05) is 12.1 Å². The lowest BCUT2D eigenvalue weighted by Crippen LogP contribution is -2.25. The molecule has 1 amide bonds. The minimum atomic E-state index is -0.00750. The van der Waals surface area contributed by atoms with E-state index in [2.05, 4.69) is 25.6 Å². The molecule has 0 aliphatic carbocycles. The molecule has 1 rings (SSSR count). The molecular formula is C13H18NO. The van der Waals surface area contributed by atoms with Crippen molar-refractivity contribution in [3.8, 4) is 0 Å². The fourth-order valence-corrected chi connectivity index (χ4v) is 1.19. The zero-order chi connectivity index (χ0) is 11.3. The predicted molar refractivity (Wildman–Crippen MR) is 62.7 cm³/mol. The molecule has 0 bridgehead atoms. The highest BCUT2D eigenvalue weighted by molar-refractivity contribution is 5.94. The van der Waals surface area contributed by atoms with E-state index in [1.54, 1.807) is 0 Å². The van der Waals surface area contributed by atoms with Crippen molar-refractivity contribution in [2.45, 2.75) is 20.8 Å². The van der Waals surface area contributed by atoms with Crippen LogP contribution in [0.4, 0.5) is 0 Å². The molecule has 1 radical (unpaired) electrons. The molecule has 0 aliphatic rings. The Kier molecular flexibility index (Phi) is 4.35. The van der Waals surface area contributed by atoms with Crippen molar-refractivity contribution < 1.29 is 4.79 Å². The number of hydrogen-bond donors (Lipinski definition) is 1. The van der Waals surface area contributed by atoms with Crippen molar-refractivity contribution in [2.75, 3.05) is 6.54 Å². The third-order valence-corrected chi connectivity index (χ3v) is 2.17. The lowest BCUT2D eigenvalue weighted by Gasteiger charge is -2.06. The predicted octanol–water partition coefficient (Wildman–Crippen LogP) is 2.59. The first-order valence-electron chi connectivity index (χ1n) is 5.28. The van der Waals surface area contributed by atoms with E-state index in [1.165, 1.54) is 5.56 Å². The summed E-state index contributed by atoms with van der Waals surface area (Å²) in [6, 6.07) is 7.59. The molecule has 0 aromatic heterocycles. The average molecular weight is 204 g/mol. The summed E-state index contributed by atoms with van der Waals surface area (Å²) in [6.07, 6.45) is 2.08. The van der Waals surface area contributed by atoms with Gasteiger partial charge in [0.25, 0.3) is 5.91 Å². The first-order valence-corrected chi connectivity index (χ1v) is 5.28. The summed E-state index contributed by atoms with van der Waals surface area (Å²) in [6.45, 7) is 6.83. The first kappa shape index (κ1) is 11.8. The lowest BCUT2D eigenvalue weighted by molar-refractivity contribution is 0.0956. The van der Waals surface area contributed by atoms with Crippen molar-refractivity contribution in [3.63, 3.8) is 0 Å². The molecule has 0 atom stereocenters. The van der Waals surface area contributed by atoms with Crippen molar-refractivity contribution in [3.05, 3.63) is 41.8 Å². The quantitative estimate of drug-likeness (QED) is 0.802. The minimum absolute atomic E-state index is 0.00750. The number of carbonyl (C=O) groups excluding carboxylic acids is 1. The topological polar surface area (TPSA) is 29.1 Å². The van der Waals surface area contributed by atoms with Crippen LogP contribution in [0.15, 0.2) is 24.3 Å². The van der Waals surface area contributed by atoms with Crippen LogP contribution in [-0.4, -0.2) is 12.5 Å². The molecule has 81 valence electrons. The first-order chi connectivity index (χ1) is 7.09. The molecule has 0 saturated heterocycles. The molecule has 0 aliphatic heterocycles. The van der Waals surface area contributed by atoms with E-state index in [1.807, 2.05) is 31.2 Å². The van der Waals surface area contributed by atoms with Crippen LogP contribution in [0.25, 0.3) is 0 Å². The van der Waals surface area contributed by atoms with E-state index < -0.39 is 0 Å². The molecular weight excluding hydrogens is 186 g/mol. The van der Waals surface area contributed by atoms with Gasteiger partial charge in [-0.2, -0.15) is 0 Å². The van der Waals surface area contributed by atoms with Crippen LogP contribution in [0.1, 0.15) is 29.8 Å². The summed E-state index contributed by atoms with van der Waals surface area (Å²) >= 11 is 0. The van der Waals surface area contributed by atoms with Crippen LogP contribution in [0.3, 0.4) is 0 Å². The van der Waals surface area contributed by atoms with Crippen LogP contribution >= 0.6 is 0 Å². The van der Waals surface area contributed by atoms with E-state index in [0.717, 1.165) is 5.56 Å². The van der Waals surface area contributed by atoms with Crippen LogP contribution < -0.4 is 5.32 Å². The molecule has 2 heteroatoms. The van der Waals surface area contributed by atoms with Gasteiger partial charge in [0.2, 0.25) is 0 Å². The molecule has 0 spiro atoms. The van der Waals surface area contributed by atoms with Gasteiger partial charge in [-0.05, 0) is 31.4 Å². The Morgan fingerprint density at radius 2 is 1.93 bits per heavy atom. The summed E-state index contributed by atoms with van der Waals surface area (Å²) < 4.78 is 0. The van der Waals surface area contributed by atoms with Crippen LogP contribution in [-0.2, 0) is 0 Å². The zero-order valence-corrected chi connectivity index (χ0v) is 9.58. The maximum atomic E-state index is 11.6. The fraction of sp³-hybridized carbons (Fsp3) is 0.385. The zero-order valence-electron chi connectivity index (χ0n) is 9.58. The van der Waals surface area contributed by atoms with Crippen LogP contribution in [0.5, 0.6) is 0 Å². The Morgan fingerprint density at radius 3 is 2.47 bits per heavy atom. The van der Waals surface area contributed by atoms with E-state index in [4.69, 9.17) is 0 Å². The van der Waals surface area contributed by atoms with Gasteiger partial charge >= 0.3 is 0 Å². The lowest BCUT2D eigenvalue weighted by atomic mass is 10.1. The third-order valence-electron chi connectivity index (χ3n) is 2.17. The Morgan fingerprint density at radius 1 is 1.33 bits per heavy atom. The molecule has 0 heterocycles. The third kappa shape index (κ3) is 4.15. The SMILES string of the molecule is Cc1ccc(C(=O)NC[CH]C(C)C)cc1. The number of rotatable bonds is 4. The number of aryl methyl sites for hydroxylation is 1. The van der Waals surface area contributed by atoms with Crippen LogP contribution in [0, 0.1) is 19.3 Å². The standard InChI is InChI=1S/C13H18NO/c1-10(2)8-9-14-13(15)12-6-4-11(3)5-7-12/h4-8,10H,9H2,1-3H3,(H,14,15). The van der Waals surface area contributed by atoms with Crippen LogP contribution in [0.2, 0.25) is 0 Å². The maximum Gasteiger partial charge on any atom is 0.251 e. The number of benzene rings is 1. The van der Waals surface area contributed by atoms with Crippen molar-refractivity contribution >= 4 is 5.91 Å². The van der Waals surface area contributed by atoms with Gasteiger partial charge < -0.3 is 5.32 Å². The monoisotopic (exact) mass is 204 g/mol. The Labute approximate surface area is 91.7 Å². The van der Waals surface area contributed by atoms with Crippen molar-refractivity contribution in [2.24, 2.45) is 5.92 Å². The summed E-state index contributed by atoms with van der Waals surface area (Å²) in [5.41, 5.74) is 1.89. The molecule has 1 aromatic carbocycles. The Hall–Kier alpha value is -1.31.